The second-order valence-corrected chi connectivity index (χ2v) is 8.33. The third-order valence-electron chi connectivity index (χ3n) is 4.39. The quantitative estimate of drug-likeness (QED) is 0.754. The molecule has 2 aromatic carbocycles. The van der Waals surface area contributed by atoms with Gasteiger partial charge in [0.2, 0.25) is 10.0 Å². The van der Waals surface area contributed by atoms with Gasteiger partial charge < -0.3 is 5.73 Å². The van der Waals surface area contributed by atoms with Crippen molar-refractivity contribution in [1.82, 2.24) is 4.72 Å². The van der Waals surface area contributed by atoms with Gasteiger partial charge in [0.1, 0.15) is 11.7 Å². The molecule has 3 N–H and O–H groups in total. The van der Waals surface area contributed by atoms with Gasteiger partial charge in [0.15, 0.2) is 0 Å². The number of aliphatic imine (C=N–C) groups is 2. The van der Waals surface area contributed by atoms with Gasteiger partial charge in [-0.1, -0.05) is 24.3 Å². The molecule has 1 heterocycles. The Bertz CT molecular complexity index is 1140. The van der Waals surface area contributed by atoms with Crippen LogP contribution in [0.15, 0.2) is 57.3 Å². The first-order valence-electron chi connectivity index (χ1n) is 8.92. The van der Waals surface area contributed by atoms with Crippen molar-refractivity contribution >= 4 is 21.6 Å². The molecule has 0 aliphatic carbocycles. The largest absolute Gasteiger partial charge is 0.386 e. The highest BCUT2D eigenvalue weighted by Crippen LogP contribution is 2.29. The standard InChI is InChI=1S/C20H20FN5O2S/c1-13(8-9-22)26-29(27,28)19-5-3-2-4-15(19)14-6-7-16(17(21)10-14)18-11-25-20(23)12-24-18/h2-7,10,13,26H,8,11-12H2,1H3,(H2,23,25). The van der Waals surface area contributed by atoms with Crippen LogP contribution in [-0.2, 0) is 10.0 Å². The van der Waals surface area contributed by atoms with Gasteiger partial charge in [-0.25, -0.2) is 17.5 Å². The van der Waals surface area contributed by atoms with Crippen LogP contribution < -0.4 is 10.5 Å². The zero-order valence-electron chi connectivity index (χ0n) is 15.8. The van der Waals surface area contributed by atoms with Crippen molar-refractivity contribution in [3.63, 3.8) is 0 Å². The van der Waals surface area contributed by atoms with Gasteiger partial charge in [-0.3, -0.25) is 9.98 Å². The van der Waals surface area contributed by atoms with Crippen LogP contribution in [0.4, 0.5) is 4.39 Å². The first-order chi connectivity index (χ1) is 13.8. The zero-order chi connectivity index (χ0) is 21.0. The molecule has 0 bridgehead atoms. The Morgan fingerprint density at radius 2 is 1.97 bits per heavy atom. The number of amidine groups is 1. The molecule has 0 radical (unpaired) electrons. The molecule has 1 atom stereocenters. The van der Waals surface area contributed by atoms with Crippen LogP contribution in [0.3, 0.4) is 0 Å². The average Bonchev–Trinajstić information content (AvgIpc) is 2.68. The monoisotopic (exact) mass is 413 g/mol. The molecule has 0 spiro atoms. The summed E-state index contributed by atoms with van der Waals surface area (Å²) in [6, 6.07) is 12.2. The van der Waals surface area contributed by atoms with E-state index >= 15 is 0 Å². The maximum atomic E-state index is 14.8. The second-order valence-electron chi connectivity index (χ2n) is 6.65. The molecule has 0 fully saturated rings. The number of nitrogens with zero attached hydrogens (tertiary/aromatic N) is 3. The van der Waals surface area contributed by atoms with E-state index in [4.69, 9.17) is 11.0 Å². The van der Waals surface area contributed by atoms with E-state index in [1.54, 1.807) is 37.3 Å². The van der Waals surface area contributed by atoms with Crippen LogP contribution in [0.5, 0.6) is 0 Å². The van der Waals surface area contributed by atoms with E-state index in [2.05, 4.69) is 14.7 Å². The molecule has 1 aliphatic rings. The molecule has 9 heteroatoms. The van der Waals surface area contributed by atoms with Crippen LogP contribution in [0, 0.1) is 17.1 Å². The highest BCUT2D eigenvalue weighted by molar-refractivity contribution is 7.89. The van der Waals surface area contributed by atoms with Gasteiger partial charge in [0.25, 0.3) is 0 Å². The molecule has 3 rings (SSSR count). The Morgan fingerprint density at radius 3 is 2.62 bits per heavy atom. The third kappa shape index (κ3) is 4.67. The smallest absolute Gasteiger partial charge is 0.241 e. The fourth-order valence-electron chi connectivity index (χ4n) is 2.99. The number of hydrogen-bond acceptors (Lipinski definition) is 6. The number of rotatable bonds is 6. The van der Waals surface area contributed by atoms with E-state index < -0.39 is 21.9 Å². The molecule has 0 saturated heterocycles. The predicted molar refractivity (Wildman–Crippen MR) is 110 cm³/mol. The number of nitriles is 1. The van der Waals surface area contributed by atoms with E-state index in [1.165, 1.54) is 12.1 Å². The van der Waals surface area contributed by atoms with Crippen LogP contribution in [-0.4, -0.2) is 39.1 Å². The summed E-state index contributed by atoms with van der Waals surface area (Å²) < 4.78 is 42.8. The molecule has 2 aromatic rings. The summed E-state index contributed by atoms with van der Waals surface area (Å²) in [6.45, 7) is 2.04. The summed E-state index contributed by atoms with van der Waals surface area (Å²) in [5.74, 6) is -0.113. The van der Waals surface area contributed by atoms with Gasteiger partial charge in [-0.15, -0.1) is 0 Å². The number of halogens is 1. The molecule has 1 aliphatic heterocycles. The number of nitrogens with two attached hydrogens (primary N) is 1. The van der Waals surface area contributed by atoms with Crippen LogP contribution in [0.25, 0.3) is 11.1 Å². The Kier molecular flexibility index (Phi) is 6.06. The zero-order valence-corrected chi connectivity index (χ0v) is 16.6. The lowest BCUT2D eigenvalue weighted by molar-refractivity contribution is 0.563. The molecule has 7 nitrogen and oxygen atoms in total. The van der Waals surface area contributed by atoms with E-state index in [9.17, 15) is 12.8 Å². The minimum Gasteiger partial charge on any atom is -0.386 e. The van der Waals surface area contributed by atoms with E-state index in [0.717, 1.165) is 0 Å². The van der Waals surface area contributed by atoms with Gasteiger partial charge in [0.05, 0.1) is 36.2 Å². The Morgan fingerprint density at radius 1 is 1.21 bits per heavy atom. The van der Waals surface area contributed by atoms with Crippen LogP contribution >= 0.6 is 0 Å². The minimum absolute atomic E-state index is 0.0179. The van der Waals surface area contributed by atoms with Crippen LogP contribution in [0.2, 0.25) is 0 Å². The topological polar surface area (TPSA) is 121 Å². The van der Waals surface area contributed by atoms with Gasteiger partial charge in [0, 0.05) is 17.2 Å². The summed E-state index contributed by atoms with van der Waals surface area (Å²) >= 11 is 0. The minimum atomic E-state index is -3.89. The lowest BCUT2D eigenvalue weighted by Crippen LogP contribution is -2.32. The van der Waals surface area contributed by atoms with Gasteiger partial charge in [-0.05, 0) is 30.7 Å². The van der Waals surface area contributed by atoms with Crippen molar-refractivity contribution in [3.8, 4) is 17.2 Å². The van der Waals surface area contributed by atoms with Crippen molar-refractivity contribution in [2.75, 3.05) is 13.1 Å². The maximum Gasteiger partial charge on any atom is 0.241 e. The number of sulfonamides is 1. The van der Waals surface area contributed by atoms with Crippen molar-refractivity contribution in [2.24, 2.45) is 15.7 Å². The lowest BCUT2D eigenvalue weighted by Gasteiger charge is -2.16. The molecule has 150 valence electrons. The first kappa shape index (κ1) is 20.6. The Hall–Kier alpha value is -3.09. The van der Waals surface area contributed by atoms with Crippen molar-refractivity contribution in [1.29, 1.82) is 5.26 Å². The van der Waals surface area contributed by atoms with Crippen molar-refractivity contribution in [3.05, 3.63) is 53.8 Å². The highest BCUT2D eigenvalue weighted by atomic mass is 32.2. The number of nitrogens with one attached hydrogen (secondary N) is 1. The fraction of sp³-hybridized carbons (Fsp3) is 0.250. The summed E-state index contributed by atoms with van der Waals surface area (Å²) in [7, 11) is -3.89. The van der Waals surface area contributed by atoms with Crippen molar-refractivity contribution < 1.29 is 12.8 Å². The molecule has 0 saturated carbocycles. The Labute approximate surface area is 168 Å². The summed E-state index contributed by atoms with van der Waals surface area (Å²) in [6.07, 6.45) is 0.0415. The SMILES string of the molecule is CC(CC#N)NS(=O)(=O)c1ccccc1-c1ccc(C2=NCC(N)=NC2)c(F)c1. The molecule has 0 amide bonds. The number of hydrogen-bond donors (Lipinski definition) is 2. The van der Waals surface area contributed by atoms with E-state index in [1.807, 2.05) is 6.07 Å². The van der Waals surface area contributed by atoms with Crippen molar-refractivity contribution in [2.45, 2.75) is 24.3 Å². The molecule has 0 aromatic heterocycles. The molecule has 1 unspecified atom stereocenters. The van der Waals surface area contributed by atoms with E-state index in [0.29, 0.717) is 28.2 Å². The first-order valence-corrected chi connectivity index (χ1v) is 10.4. The molecular weight excluding hydrogens is 393 g/mol. The van der Waals surface area contributed by atoms with Crippen LogP contribution in [0.1, 0.15) is 18.9 Å². The second kappa shape index (κ2) is 8.51. The lowest BCUT2D eigenvalue weighted by atomic mass is 10.0. The number of benzene rings is 2. The normalized spacial score (nSPS) is 15.2. The fourth-order valence-corrected chi connectivity index (χ4v) is 4.46. The predicted octanol–water partition coefficient (Wildman–Crippen LogP) is 2.23. The highest BCUT2D eigenvalue weighted by Gasteiger charge is 2.22. The van der Waals surface area contributed by atoms with Gasteiger partial charge >= 0.3 is 0 Å². The molecule has 29 heavy (non-hydrogen) atoms. The van der Waals surface area contributed by atoms with E-state index in [-0.39, 0.29) is 24.4 Å². The summed E-state index contributed by atoms with van der Waals surface area (Å²) in [5.41, 5.74) is 7.18. The van der Waals surface area contributed by atoms with Gasteiger partial charge in [-0.2, -0.15) is 5.26 Å². The average molecular weight is 413 g/mol. The summed E-state index contributed by atoms with van der Waals surface area (Å²) in [5, 5.41) is 8.76. The summed E-state index contributed by atoms with van der Waals surface area (Å²) in [4.78, 5) is 8.34. The maximum absolute atomic E-state index is 14.8. The molecular formula is C20H20FN5O2S. The Balaban J connectivity index is 1.96. The third-order valence-corrected chi connectivity index (χ3v) is 6.03.